The lowest BCUT2D eigenvalue weighted by atomic mass is 10.0. The first-order valence-electron chi connectivity index (χ1n) is 7.75. The van der Waals surface area contributed by atoms with Crippen molar-refractivity contribution >= 4 is 21.6 Å². The van der Waals surface area contributed by atoms with E-state index < -0.39 is 49.5 Å². The molecule has 146 valence electrons. The highest BCUT2D eigenvalue weighted by molar-refractivity contribution is 7.89. The molecule has 1 saturated heterocycles. The van der Waals surface area contributed by atoms with Gasteiger partial charge in [-0.3, -0.25) is 4.79 Å². The Hall–Kier alpha value is -2.37. The van der Waals surface area contributed by atoms with E-state index in [0.717, 1.165) is 29.0 Å². The molecule has 1 aromatic heterocycles. The lowest BCUT2D eigenvalue weighted by Gasteiger charge is -2.38. The summed E-state index contributed by atoms with van der Waals surface area (Å²) in [5.74, 6) is -4.57. The number of halogens is 3. The number of hydrogen-bond donors (Lipinski definition) is 2. The van der Waals surface area contributed by atoms with Crippen LogP contribution in [0.2, 0.25) is 0 Å². The highest BCUT2D eigenvalue weighted by Gasteiger charge is 2.40. The van der Waals surface area contributed by atoms with E-state index in [2.05, 4.69) is 10.0 Å². The van der Waals surface area contributed by atoms with Crippen molar-refractivity contribution in [3.63, 3.8) is 0 Å². The third-order valence-corrected chi connectivity index (χ3v) is 5.62. The van der Waals surface area contributed by atoms with Gasteiger partial charge in [-0.2, -0.15) is 0 Å². The highest BCUT2D eigenvalue weighted by atomic mass is 32.2. The molecule has 0 bridgehead atoms. The molecule has 1 amide bonds. The van der Waals surface area contributed by atoms with E-state index in [4.69, 9.17) is 4.74 Å². The van der Waals surface area contributed by atoms with Crippen molar-refractivity contribution in [2.45, 2.75) is 17.4 Å². The van der Waals surface area contributed by atoms with E-state index in [1.807, 2.05) is 0 Å². The molecule has 1 aromatic carbocycles. The predicted molar refractivity (Wildman–Crippen MR) is 89.2 cm³/mol. The Bertz CT molecular complexity index is 1020. The second-order valence-corrected chi connectivity index (χ2v) is 8.16. The summed E-state index contributed by atoms with van der Waals surface area (Å²) < 4.78 is 74.1. The number of nitrogens with zero attached hydrogens (tertiary/aromatic N) is 1. The smallest absolute Gasteiger partial charge is 0.275 e. The van der Waals surface area contributed by atoms with Crippen molar-refractivity contribution in [3.8, 4) is 0 Å². The second-order valence-electron chi connectivity index (χ2n) is 6.51. The van der Waals surface area contributed by atoms with E-state index >= 15 is 0 Å². The number of nitrogens with one attached hydrogen (secondary N) is 2. The third-order valence-electron chi connectivity index (χ3n) is 3.99. The van der Waals surface area contributed by atoms with Crippen LogP contribution in [0.1, 0.15) is 17.4 Å². The molecule has 1 aliphatic heterocycles. The second kappa shape index (κ2) is 6.66. The van der Waals surface area contributed by atoms with E-state index in [0.29, 0.717) is 0 Å². The first kappa shape index (κ1) is 19.4. The number of benzene rings is 1. The number of anilines is 1. The van der Waals surface area contributed by atoms with Crippen LogP contribution in [-0.4, -0.2) is 37.6 Å². The van der Waals surface area contributed by atoms with Gasteiger partial charge in [0.25, 0.3) is 5.91 Å². The Morgan fingerprint density at radius 2 is 1.89 bits per heavy atom. The van der Waals surface area contributed by atoms with Gasteiger partial charge in [-0.25, -0.2) is 26.3 Å². The molecule has 0 spiro atoms. The first-order chi connectivity index (χ1) is 12.5. The molecule has 0 atom stereocenters. The van der Waals surface area contributed by atoms with Crippen molar-refractivity contribution in [2.75, 3.05) is 18.5 Å². The minimum atomic E-state index is -4.25. The molecule has 2 aromatic rings. The molecule has 1 fully saturated rings. The number of ether oxygens (including phenoxy) is 1. The zero-order valence-electron chi connectivity index (χ0n) is 14.3. The molecule has 0 saturated carbocycles. The monoisotopic (exact) mass is 403 g/mol. The maximum absolute atomic E-state index is 14.7. The summed E-state index contributed by atoms with van der Waals surface area (Å²) in [5.41, 5.74) is -1.54. The van der Waals surface area contributed by atoms with Gasteiger partial charge >= 0.3 is 0 Å². The van der Waals surface area contributed by atoms with Crippen LogP contribution in [0.3, 0.4) is 0 Å². The van der Waals surface area contributed by atoms with Gasteiger partial charge in [0.15, 0.2) is 17.5 Å². The summed E-state index contributed by atoms with van der Waals surface area (Å²) in [4.78, 5) is 11.6. The molecule has 2 heterocycles. The van der Waals surface area contributed by atoms with Gasteiger partial charge in [-0.1, -0.05) is 0 Å². The van der Waals surface area contributed by atoms with Crippen LogP contribution >= 0.6 is 0 Å². The van der Waals surface area contributed by atoms with Crippen molar-refractivity contribution in [3.05, 3.63) is 47.5 Å². The normalized spacial score (nSPS) is 16.0. The van der Waals surface area contributed by atoms with Gasteiger partial charge < -0.3 is 14.6 Å². The minimum Gasteiger partial charge on any atom is -0.377 e. The van der Waals surface area contributed by atoms with E-state index in [-0.39, 0.29) is 18.9 Å². The number of aryl methyl sites for hydroxylation is 1. The molecule has 0 aliphatic carbocycles. The summed E-state index contributed by atoms with van der Waals surface area (Å²) in [6, 6.07) is 2.62. The number of hydrogen-bond acceptors (Lipinski definition) is 4. The Kier molecular flexibility index (Phi) is 4.78. The standard InChI is InChI=1S/C16H16F3N3O4S/c1-16(7-26-8-16)21-27(24,25)12-6-22(2)14(13(12)19)15(23)20-9-3-4-10(17)11(18)5-9/h3-6,21H,7-8H2,1-2H3,(H,20,23). The summed E-state index contributed by atoms with van der Waals surface area (Å²) >= 11 is 0. The van der Waals surface area contributed by atoms with Crippen LogP contribution in [0.4, 0.5) is 18.9 Å². The zero-order chi connectivity index (χ0) is 20.0. The molecule has 7 nitrogen and oxygen atoms in total. The fourth-order valence-corrected chi connectivity index (χ4v) is 4.13. The van der Waals surface area contributed by atoms with Crippen LogP contribution in [-0.2, 0) is 21.8 Å². The number of rotatable bonds is 5. The van der Waals surface area contributed by atoms with Crippen molar-refractivity contribution in [1.82, 2.24) is 9.29 Å². The summed E-state index contributed by atoms with van der Waals surface area (Å²) in [6.45, 7) is 1.89. The molecule has 1 aliphatic rings. The van der Waals surface area contributed by atoms with E-state index in [9.17, 15) is 26.4 Å². The highest BCUT2D eigenvalue weighted by Crippen LogP contribution is 2.25. The SMILES string of the molecule is Cn1cc(S(=O)(=O)NC2(C)COC2)c(F)c1C(=O)Nc1ccc(F)c(F)c1. The first-order valence-corrected chi connectivity index (χ1v) is 9.24. The molecular formula is C16H16F3N3O4S. The lowest BCUT2D eigenvalue weighted by molar-refractivity contribution is -0.0523. The predicted octanol–water partition coefficient (Wildman–Crippen LogP) is 1.76. The molecule has 0 radical (unpaired) electrons. The average molecular weight is 403 g/mol. The molecule has 2 N–H and O–H groups in total. The van der Waals surface area contributed by atoms with Crippen LogP contribution < -0.4 is 10.0 Å². The molecular weight excluding hydrogens is 387 g/mol. The quantitative estimate of drug-likeness (QED) is 0.796. The molecule has 27 heavy (non-hydrogen) atoms. The van der Waals surface area contributed by atoms with Gasteiger partial charge in [-0.15, -0.1) is 0 Å². The lowest BCUT2D eigenvalue weighted by Crippen LogP contribution is -2.59. The fourth-order valence-electron chi connectivity index (χ4n) is 2.63. The van der Waals surface area contributed by atoms with Gasteiger partial charge in [0.2, 0.25) is 10.0 Å². The van der Waals surface area contributed by atoms with Crippen LogP contribution in [0.5, 0.6) is 0 Å². The molecule has 3 rings (SSSR count). The Balaban J connectivity index is 1.88. The number of carbonyl (C=O) groups is 1. The number of carbonyl (C=O) groups excluding carboxylic acids is 1. The van der Waals surface area contributed by atoms with Crippen molar-refractivity contribution in [2.24, 2.45) is 7.05 Å². The number of aromatic nitrogens is 1. The Morgan fingerprint density at radius 1 is 1.22 bits per heavy atom. The van der Waals surface area contributed by atoms with Crippen LogP contribution in [0.15, 0.2) is 29.3 Å². The van der Waals surface area contributed by atoms with Crippen LogP contribution in [0, 0.1) is 17.5 Å². The summed E-state index contributed by atoms with van der Waals surface area (Å²) in [6.07, 6.45) is 0.959. The van der Waals surface area contributed by atoms with Crippen LogP contribution in [0.25, 0.3) is 0 Å². The van der Waals surface area contributed by atoms with Gasteiger partial charge in [0, 0.05) is 25.0 Å². The van der Waals surface area contributed by atoms with Gasteiger partial charge in [0.05, 0.1) is 18.8 Å². The van der Waals surface area contributed by atoms with Crippen molar-refractivity contribution in [1.29, 1.82) is 0 Å². The van der Waals surface area contributed by atoms with Gasteiger partial charge in [-0.05, 0) is 19.1 Å². The van der Waals surface area contributed by atoms with E-state index in [1.54, 1.807) is 6.92 Å². The summed E-state index contributed by atoms with van der Waals surface area (Å²) in [5, 5.41) is 2.20. The van der Waals surface area contributed by atoms with E-state index in [1.165, 1.54) is 7.05 Å². The molecule has 0 unspecified atom stereocenters. The largest absolute Gasteiger partial charge is 0.377 e. The Morgan fingerprint density at radius 3 is 2.44 bits per heavy atom. The topological polar surface area (TPSA) is 89.4 Å². The van der Waals surface area contributed by atoms with Gasteiger partial charge in [0.1, 0.15) is 10.6 Å². The number of amides is 1. The Labute approximate surface area is 153 Å². The van der Waals surface area contributed by atoms with Crippen molar-refractivity contribution < 1.29 is 31.1 Å². The maximum Gasteiger partial charge on any atom is 0.275 e. The summed E-state index contributed by atoms with van der Waals surface area (Å²) in [7, 11) is -2.96. The third kappa shape index (κ3) is 3.70. The average Bonchev–Trinajstić information content (AvgIpc) is 2.84. The zero-order valence-corrected chi connectivity index (χ0v) is 15.2. The number of sulfonamides is 1. The maximum atomic E-state index is 14.7. The molecule has 11 heteroatoms. The minimum absolute atomic E-state index is 0.110. The fraction of sp³-hybridized carbons (Fsp3) is 0.312.